The normalized spacial score (nSPS) is 11.5. The standard InChI is InChI=1S/C24H23N5O2/c1-17-16-28-20-21(25-23(28)29(17)19-13-7-4-8-14-19)26(2)24(31)27(22(20)30)15-9-12-18-10-5-3-6-11-18/h3-8,10-11,13-14,16H,9,12,15H2,1-2H3. The first-order valence-electron chi connectivity index (χ1n) is 10.4. The van der Waals surface area contributed by atoms with Gasteiger partial charge in [0.1, 0.15) is 0 Å². The Balaban J connectivity index is 1.63. The van der Waals surface area contributed by atoms with E-state index in [4.69, 9.17) is 0 Å². The van der Waals surface area contributed by atoms with Crippen molar-refractivity contribution in [3.8, 4) is 5.69 Å². The van der Waals surface area contributed by atoms with Crippen LogP contribution in [-0.4, -0.2) is 23.1 Å². The molecule has 156 valence electrons. The van der Waals surface area contributed by atoms with Gasteiger partial charge in [0.2, 0.25) is 5.78 Å². The maximum absolute atomic E-state index is 13.4. The summed E-state index contributed by atoms with van der Waals surface area (Å²) in [6.45, 7) is 2.34. The van der Waals surface area contributed by atoms with Crippen LogP contribution in [0.3, 0.4) is 0 Å². The van der Waals surface area contributed by atoms with Crippen LogP contribution in [0, 0.1) is 6.92 Å². The third kappa shape index (κ3) is 3.09. The summed E-state index contributed by atoms with van der Waals surface area (Å²) in [4.78, 5) is 31.0. The van der Waals surface area contributed by atoms with Gasteiger partial charge in [-0.1, -0.05) is 48.5 Å². The second-order valence-electron chi connectivity index (χ2n) is 7.78. The van der Waals surface area contributed by atoms with Crippen molar-refractivity contribution >= 4 is 16.9 Å². The Morgan fingerprint density at radius 2 is 1.61 bits per heavy atom. The first-order valence-corrected chi connectivity index (χ1v) is 10.4. The Morgan fingerprint density at radius 1 is 0.935 bits per heavy atom. The lowest BCUT2D eigenvalue weighted by Gasteiger charge is -2.08. The summed E-state index contributed by atoms with van der Waals surface area (Å²) >= 11 is 0. The van der Waals surface area contributed by atoms with E-state index < -0.39 is 0 Å². The van der Waals surface area contributed by atoms with Crippen LogP contribution in [0.4, 0.5) is 0 Å². The summed E-state index contributed by atoms with van der Waals surface area (Å²) in [7, 11) is 1.67. The highest BCUT2D eigenvalue weighted by molar-refractivity contribution is 5.76. The van der Waals surface area contributed by atoms with Gasteiger partial charge in [-0.05, 0) is 37.5 Å². The molecular weight excluding hydrogens is 390 g/mol. The predicted octanol–water partition coefficient (Wildman–Crippen LogP) is 3.08. The van der Waals surface area contributed by atoms with Gasteiger partial charge in [-0.2, -0.15) is 4.98 Å². The van der Waals surface area contributed by atoms with E-state index in [0.717, 1.165) is 17.8 Å². The largest absolute Gasteiger partial charge is 0.332 e. The summed E-state index contributed by atoms with van der Waals surface area (Å²) in [5.74, 6) is 0.618. The number of hydrogen-bond donors (Lipinski definition) is 0. The first-order chi connectivity index (χ1) is 15.1. The van der Waals surface area contributed by atoms with Crippen molar-refractivity contribution in [3.05, 3.63) is 99.0 Å². The molecule has 0 aliphatic heterocycles. The third-order valence-electron chi connectivity index (χ3n) is 5.73. The molecule has 5 aromatic rings. The number of benzene rings is 2. The molecule has 0 unspecified atom stereocenters. The van der Waals surface area contributed by atoms with Crippen LogP contribution >= 0.6 is 0 Å². The van der Waals surface area contributed by atoms with Crippen LogP contribution in [0.2, 0.25) is 0 Å². The van der Waals surface area contributed by atoms with Crippen LogP contribution < -0.4 is 11.2 Å². The molecule has 7 heteroatoms. The molecule has 5 rings (SSSR count). The number of nitrogens with zero attached hydrogens (tertiary/aromatic N) is 5. The molecule has 0 N–H and O–H groups in total. The van der Waals surface area contributed by atoms with E-state index >= 15 is 0 Å². The number of fused-ring (bicyclic) bond motifs is 3. The van der Waals surface area contributed by atoms with Crippen molar-refractivity contribution in [1.29, 1.82) is 0 Å². The Hall–Kier alpha value is -3.87. The number of imidazole rings is 2. The van der Waals surface area contributed by atoms with E-state index in [1.54, 1.807) is 11.4 Å². The maximum Gasteiger partial charge on any atom is 0.332 e. The Bertz CT molecular complexity index is 1500. The van der Waals surface area contributed by atoms with Crippen molar-refractivity contribution in [2.75, 3.05) is 0 Å². The van der Waals surface area contributed by atoms with Gasteiger partial charge >= 0.3 is 5.69 Å². The highest BCUT2D eigenvalue weighted by atomic mass is 16.2. The summed E-state index contributed by atoms with van der Waals surface area (Å²) in [5.41, 5.74) is 3.29. The van der Waals surface area contributed by atoms with Gasteiger partial charge in [-0.15, -0.1) is 0 Å². The van der Waals surface area contributed by atoms with Crippen molar-refractivity contribution < 1.29 is 0 Å². The van der Waals surface area contributed by atoms with Gasteiger partial charge in [0.25, 0.3) is 5.56 Å². The number of para-hydroxylation sites is 1. The predicted molar refractivity (Wildman–Crippen MR) is 121 cm³/mol. The molecule has 31 heavy (non-hydrogen) atoms. The number of hydrogen-bond acceptors (Lipinski definition) is 3. The molecule has 7 nitrogen and oxygen atoms in total. The first kappa shape index (κ1) is 19.1. The fourth-order valence-electron chi connectivity index (χ4n) is 4.19. The van der Waals surface area contributed by atoms with Crippen LogP contribution in [0.5, 0.6) is 0 Å². The Morgan fingerprint density at radius 3 is 2.32 bits per heavy atom. The van der Waals surface area contributed by atoms with E-state index in [2.05, 4.69) is 17.1 Å². The van der Waals surface area contributed by atoms with Gasteiger partial charge in [-0.3, -0.25) is 22.9 Å². The molecular formula is C24H23N5O2. The van der Waals surface area contributed by atoms with Gasteiger partial charge in [0, 0.05) is 31.2 Å². The molecule has 0 aliphatic carbocycles. The summed E-state index contributed by atoms with van der Waals surface area (Å²) < 4.78 is 6.59. The van der Waals surface area contributed by atoms with Crippen molar-refractivity contribution in [2.24, 2.45) is 7.05 Å². The number of aryl methyl sites for hydroxylation is 3. The zero-order chi connectivity index (χ0) is 21.5. The SMILES string of the molecule is Cc1cn2c3c(=O)n(CCCc4ccccc4)c(=O)n(C)c3nc2n1-c1ccccc1. The van der Waals surface area contributed by atoms with E-state index in [0.29, 0.717) is 29.9 Å². The van der Waals surface area contributed by atoms with Gasteiger partial charge in [-0.25, -0.2) is 4.79 Å². The van der Waals surface area contributed by atoms with Crippen molar-refractivity contribution in [1.82, 2.24) is 23.1 Å². The van der Waals surface area contributed by atoms with E-state index in [9.17, 15) is 9.59 Å². The van der Waals surface area contributed by atoms with Crippen molar-refractivity contribution in [3.63, 3.8) is 0 Å². The lowest BCUT2D eigenvalue weighted by molar-refractivity contribution is 0.572. The van der Waals surface area contributed by atoms with Gasteiger partial charge in [0.15, 0.2) is 11.2 Å². The van der Waals surface area contributed by atoms with Crippen molar-refractivity contribution in [2.45, 2.75) is 26.3 Å². The molecule has 3 aromatic heterocycles. The molecule has 3 heterocycles. The minimum absolute atomic E-state index is 0.302. The fourth-order valence-corrected chi connectivity index (χ4v) is 4.19. The smallest absolute Gasteiger partial charge is 0.283 e. The fraction of sp³-hybridized carbons (Fsp3) is 0.208. The molecule has 0 spiro atoms. The molecule has 2 aromatic carbocycles. The minimum Gasteiger partial charge on any atom is -0.283 e. The highest BCUT2D eigenvalue weighted by Crippen LogP contribution is 2.20. The summed E-state index contributed by atoms with van der Waals surface area (Å²) in [6.07, 6.45) is 3.41. The molecule has 0 amide bonds. The summed E-state index contributed by atoms with van der Waals surface area (Å²) in [6, 6.07) is 19.9. The molecule has 0 radical (unpaired) electrons. The second kappa shape index (κ2) is 7.43. The van der Waals surface area contributed by atoms with Crippen LogP contribution in [0.15, 0.2) is 76.4 Å². The second-order valence-corrected chi connectivity index (χ2v) is 7.78. The molecule has 0 atom stereocenters. The lowest BCUT2D eigenvalue weighted by Crippen LogP contribution is -2.39. The Labute approximate surface area is 178 Å². The average molecular weight is 413 g/mol. The van der Waals surface area contributed by atoms with E-state index in [1.165, 1.54) is 14.7 Å². The quantitative estimate of drug-likeness (QED) is 0.445. The van der Waals surface area contributed by atoms with Crippen LogP contribution in [-0.2, 0) is 20.0 Å². The lowest BCUT2D eigenvalue weighted by atomic mass is 10.1. The maximum atomic E-state index is 13.4. The van der Waals surface area contributed by atoms with Crippen LogP contribution in [0.25, 0.3) is 22.6 Å². The minimum atomic E-state index is -0.339. The molecule has 0 saturated heterocycles. The van der Waals surface area contributed by atoms with Crippen LogP contribution in [0.1, 0.15) is 17.7 Å². The number of aromatic nitrogens is 5. The third-order valence-corrected chi connectivity index (χ3v) is 5.73. The summed E-state index contributed by atoms with van der Waals surface area (Å²) in [5, 5.41) is 0. The molecule has 0 saturated carbocycles. The van der Waals surface area contributed by atoms with Gasteiger partial charge < -0.3 is 0 Å². The zero-order valence-electron chi connectivity index (χ0n) is 17.5. The van der Waals surface area contributed by atoms with E-state index in [-0.39, 0.29) is 11.2 Å². The van der Waals surface area contributed by atoms with Gasteiger partial charge in [0.05, 0.1) is 0 Å². The average Bonchev–Trinajstić information content (AvgIpc) is 3.30. The topological polar surface area (TPSA) is 66.2 Å². The zero-order valence-corrected chi connectivity index (χ0v) is 17.5. The number of rotatable bonds is 5. The monoisotopic (exact) mass is 413 g/mol. The van der Waals surface area contributed by atoms with E-state index in [1.807, 2.05) is 66.2 Å². The molecule has 0 bridgehead atoms. The molecule has 0 fully saturated rings. The Kier molecular flexibility index (Phi) is 4.58. The molecule has 0 aliphatic rings. The highest BCUT2D eigenvalue weighted by Gasteiger charge is 2.20.